The van der Waals surface area contributed by atoms with Crippen LogP contribution in [0.4, 0.5) is 9.59 Å². The molecule has 7 heteroatoms. The lowest BCUT2D eigenvalue weighted by Crippen LogP contribution is -2.20. The smallest absolute Gasteiger partial charge is 0.450 e. The van der Waals surface area contributed by atoms with E-state index in [1.165, 1.54) is 6.92 Å². The van der Waals surface area contributed by atoms with Gasteiger partial charge >= 0.3 is 12.3 Å². The molecule has 0 saturated heterocycles. The van der Waals surface area contributed by atoms with Crippen LogP contribution in [0, 0.1) is 0 Å². The Morgan fingerprint density at radius 3 is 1.93 bits per heavy atom. The molecule has 0 radical (unpaired) electrons. The molecule has 0 aliphatic heterocycles. The van der Waals surface area contributed by atoms with Crippen LogP contribution in [0.1, 0.15) is 6.92 Å². The normalized spacial score (nSPS) is 10.5. The lowest BCUT2D eigenvalue weighted by molar-refractivity contribution is 0.0122. The molecule has 7 nitrogen and oxygen atoms in total. The molecule has 0 bridgehead atoms. The van der Waals surface area contributed by atoms with Crippen LogP contribution >= 0.6 is 0 Å². The number of ether oxygens (including phenoxy) is 3. The second-order valence-electron chi connectivity index (χ2n) is 2.18. The Hall–Kier alpha value is -1.50. The molecule has 1 unspecified atom stereocenters. The van der Waals surface area contributed by atoms with Gasteiger partial charge in [0.05, 0.1) is 0 Å². The van der Waals surface area contributed by atoms with Crippen LogP contribution in [-0.4, -0.2) is 49.5 Å². The third kappa shape index (κ3) is 16.8. The van der Waals surface area contributed by atoms with Crippen molar-refractivity contribution in [2.45, 2.75) is 13.0 Å². The van der Waals surface area contributed by atoms with E-state index in [1.807, 2.05) is 0 Å². The van der Waals surface area contributed by atoms with Crippen LogP contribution in [0.2, 0.25) is 0 Å². The zero-order chi connectivity index (χ0) is 11.6. The largest absolute Gasteiger partial charge is 0.506 e. The lowest BCUT2D eigenvalue weighted by atomic mass is 10.4. The molecule has 2 N–H and O–H groups in total. The first-order valence-corrected chi connectivity index (χ1v) is 3.59. The molecule has 0 fully saturated rings. The van der Waals surface area contributed by atoms with Gasteiger partial charge in [-0.3, -0.25) is 0 Å². The molecular weight excluding hydrogens is 196 g/mol. The Morgan fingerprint density at radius 1 is 1.21 bits per heavy atom. The summed E-state index contributed by atoms with van der Waals surface area (Å²) in [6.45, 7) is 1.10. The van der Waals surface area contributed by atoms with Gasteiger partial charge in [0.15, 0.2) is 0 Å². The second kappa shape index (κ2) is 9.59. The summed E-state index contributed by atoms with van der Waals surface area (Å²) in [6.07, 6.45) is -3.68. The Bertz CT molecular complexity index is 167. The van der Waals surface area contributed by atoms with Gasteiger partial charge in [-0.15, -0.1) is 0 Å². The topological polar surface area (TPSA) is 102 Å². The van der Waals surface area contributed by atoms with Crippen molar-refractivity contribution >= 4 is 12.3 Å². The molecule has 1 atom stereocenters. The Kier molecular flexibility index (Phi) is 10.3. The molecule has 0 aromatic carbocycles. The third-order valence-electron chi connectivity index (χ3n) is 0.744. The quantitative estimate of drug-likeness (QED) is 0.670. The molecule has 14 heavy (non-hydrogen) atoms. The number of hydrogen-bond donors (Lipinski definition) is 2. The second-order valence-corrected chi connectivity index (χ2v) is 2.18. The maximum atomic E-state index is 9.83. The molecule has 84 valence electrons. The van der Waals surface area contributed by atoms with Gasteiger partial charge in [0.1, 0.15) is 12.7 Å². The van der Waals surface area contributed by atoms with Crippen LogP contribution in [-0.2, 0) is 14.2 Å². The number of carboxylic acid groups (broad SMARTS) is 2. The number of rotatable bonds is 3. The molecule has 0 amide bonds. The first-order chi connectivity index (χ1) is 6.43. The van der Waals surface area contributed by atoms with E-state index in [1.54, 1.807) is 14.2 Å². The maximum absolute atomic E-state index is 9.83. The fourth-order valence-electron chi connectivity index (χ4n) is 0.395. The molecule has 0 saturated carbocycles. The maximum Gasteiger partial charge on any atom is 0.506 e. The summed E-state index contributed by atoms with van der Waals surface area (Å²) in [5.74, 6) is 0. The molecule has 0 rings (SSSR count). The monoisotopic (exact) mass is 210 g/mol. The summed E-state index contributed by atoms with van der Waals surface area (Å²) < 4.78 is 12.4. The van der Waals surface area contributed by atoms with Gasteiger partial charge in [-0.25, -0.2) is 9.59 Å². The van der Waals surface area contributed by atoms with Crippen molar-refractivity contribution in [2.75, 3.05) is 20.8 Å². The highest BCUT2D eigenvalue weighted by atomic mass is 16.7. The van der Waals surface area contributed by atoms with E-state index in [0.717, 1.165) is 0 Å². The summed E-state index contributed by atoms with van der Waals surface area (Å²) in [6, 6.07) is 0. The molecule has 0 aliphatic rings. The van der Waals surface area contributed by atoms with Crippen LogP contribution < -0.4 is 0 Å². The molecule has 0 aromatic rings. The van der Waals surface area contributed by atoms with Crippen LogP contribution in [0.5, 0.6) is 0 Å². The van der Waals surface area contributed by atoms with Crippen LogP contribution in [0.25, 0.3) is 0 Å². The van der Waals surface area contributed by atoms with E-state index >= 15 is 0 Å². The van der Waals surface area contributed by atoms with Gasteiger partial charge in [-0.1, -0.05) is 0 Å². The van der Waals surface area contributed by atoms with Crippen molar-refractivity contribution in [1.29, 1.82) is 0 Å². The van der Waals surface area contributed by atoms with Crippen molar-refractivity contribution in [2.24, 2.45) is 0 Å². The average molecular weight is 210 g/mol. The fourth-order valence-corrected chi connectivity index (χ4v) is 0.395. The van der Waals surface area contributed by atoms with E-state index in [2.05, 4.69) is 14.2 Å². The molecule has 0 aliphatic carbocycles. The van der Waals surface area contributed by atoms with E-state index in [0.29, 0.717) is 0 Å². The van der Waals surface area contributed by atoms with Gasteiger partial charge < -0.3 is 24.4 Å². The summed E-state index contributed by atoms with van der Waals surface area (Å²) >= 11 is 0. The standard InChI is InChI=1S/C5H8O6.C2H6O/c1-3(11-5(8)9)2-10-4(6)7;1-3-2/h3H,2H2,1H3,(H,6,7)(H,8,9);1-2H3. The van der Waals surface area contributed by atoms with Crippen molar-refractivity contribution in [3.63, 3.8) is 0 Å². The zero-order valence-electron chi connectivity index (χ0n) is 8.22. The summed E-state index contributed by atoms with van der Waals surface area (Å²) in [5, 5.41) is 16.0. The fraction of sp³-hybridized carbons (Fsp3) is 0.714. The van der Waals surface area contributed by atoms with Gasteiger partial charge in [-0.2, -0.15) is 0 Å². The van der Waals surface area contributed by atoms with E-state index in [9.17, 15) is 9.59 Å². The van der Waals surface area contributed by atoms with Crippen molar-refractivity contribution in [3.05, 3.63) is 0 Å². The van der Waals surface area contributed by atoms with Crippen molar-refractivity contribution in [1.82, 2.24) is 0 Å². The molecular formula is C7H14O7. The van der Waals surface area contributed by atoms with E-state index in [-0.39, 0.29) is 6.61 Å². The van der Waals surface area contributed by atoms with Gasteiger partial charge in [0.25, 0.3) is 0 Å². The van der Waals surface area contributed by atoms with Crippen molar-refractivity contribution in [3.8, 4) is 0 Å². The van der Waals surface area contributed by atoms with Gasteiger partial charge in [-0.05, 0) is 6.92 Å². The van der Waals surface area contributed by atoms with Crippen molar-refractivity contribution < 1.29 is 34.0 Å². The highest BCUT2D eigenvalue weighted by molar-refractivity contribution is 5.58. The van der Waals surface area contributed by atoms with Crippen LogP contribution in [0.15, 0.2) is 0 Å². The first kappa shape index (κ1) is 15.0. The zero-order valence-corrected chi connectivity index (χ0v) is 8.22. The summed E-state index contributed by atoms with van der Waals surface area (Å²) in [7, 11) is 3.25. The minimum Gasteiger partial charge on any atom is -0.450 e. The first-order valence-electron chi connectivity index (χ1n) is 3.59. The minimum absolute atomic E-state index is 0.290. The van der Waals surface area contributed by atoms with E-state index < -0.39 is 18.4 Å². The number of carbonyl (C=O) groups is 2. The highest BCUT2D eigenvalue weighted by Crippen LogP contribution is 1.92. The molecule has 0 aromatic heterocycles. The lowest BCUT2D eigenvalue weighted by Gasteiger charge is -2.08. The molecule has 0 spiro atoms. The predicted octanol–water partition coefficient (Wildman–Crippen LogP) is 1.03. The Morgan fingerprint density at radius 2 is 1.64 bits per heavy atom. The predicted molar refractivity (Wildman–Crippen MR) is 45.5 cm³/mol. The third-order valence-corrected chi connectivity index (χ3v) is 0.744. The molecule has 0 heterocycles. The summed E-state index contributed by atoms with van der Waals surface area (Å²) in [5.41, 5.74) is 0. The van der Waals surface area contributed by atoms with Gasteiger partial charge in [0.2, 0.25) is 0 Å². The Labute approximate surface area is 81.2 Å². The average Bonchev–Trinajstić information content (AvgIpc) is 2.01. The Balaban J connectivity index is 0. The summed E-state index contributed by atoms with van der Waals surface area (Å²) in [4.78, 5) is 19.6. The highest BCUT2D eigenvalue weighted by Gasteiger charge is 2.09. The number of hydrogen-bond acceptors (Lipinski definition) is 5. The minimum atomic E-state index is -1.45. The van der Waals surface area contributed by atoms with Gasteiger partial charge in [0, 0.05) is 14.2 Å². The van der Waals surface area contributed by atoms with E-state index in [4.69, 9.17) is 10.2 Å². The number of methoxy groups -OCH3 is 1. The van der Waals surface area contributed by atoms with Crippen LogP contribution in [0.3, 0.4) is 0 Å². The SMILES string of the molecule is CC(COC(=O)O)OC(=O)O.COC.